The molecule has 1 aliphatic heterocycles. The van der Waals surface area contributed by atoms with Crippen molar-refractivity contribution in [1.82, 2.24) is 4.90 Å². The molecule has 0 radical (unpaired) electrons. The number of unbranched alkanes of at least 4 members (excludes halogenated alkanes) is 23. The maximum atomic E-state index is 13.3. The van der Waals surface area contributed by atoms with E-state index in [0.29, 0.717) is 13.0 Å². The van der Waals surface area contributed by atoms with Crippen molar-refractivity contribution in [2.45, 2.75) is 211 Å². The van der Waals surface area contributed by atoms with Crippen molar-refractivity contribution in [2.24, 2.45) is 0 Å². The van der Waals surface area contributed by atoms with Gasteiger partial charge in [0.25, 0.3) is 0 Å². The van der Waals surface area contributed by atoms with Gasteiger partial charge in [-0.1, -0.05) is 162 Å². The highest BCUT2D eigenvalue weighted by atomic mass is 16.6. The van der Waals surface area contributed by atoms with Crippen LogP contribution in [0.15, 0.2) is 0 Å². The predicted molar refractivity (Wildman–Crippen MR) is 177 cm³/mol. The van der Waals surface area contributed by atoms with Gasteiger partial charge >= 0.3 is 0 Å². The third kappa shape index (κ3) is 18.7. The molecule has 256 valence electrons. The molecule has 1 aliphatic rings. The summed E-state index contributed by atoms with van der Waals surface area (Å²) < 4.78 is 5.78. The standard InChI is InChI=1S/C36H71NO6/c1-3-5-7-9-11-13-14-15-16-17-18-19-21-23-25-27-29-37(36-35(42)34(41)33(40)31(30-38)43-36)32(39)28-26-24-22-20-12-10-8-6-4-2/h31,33-36,38,40-42H,3-30H2,1-2H3/t31-,33-,34+,35-,36?/m1/s1. The van der Waals surface area contributed by atoms with Gasteiger partial charge in [0.1, 0.15) is 24.4 Å². The summed E-state index contributed by atoms with van der Waals surface area (Å²) in [6, 6.07) is 0. The van der Waals surface area contributed by atoms with Crippen molar-refractivity contribution in [1.29, 1.82) is 0 Å². The van der Waals surface area contributed by atoms with Gasteiger partial charge in [-0.15, -0.1) is 0 Å². The van der Waals surface area contributed by atoms with Crippen LogP contribution in [-0.2, 0) is 9.53 Å². The van der Waals surface area contributed by atoms with Crippen LogP contribution in [0, 0.1) is 0 Å². The average molecular weight is 614 g/mol. The highest BCUT2D eigenvalue weighted by Crippen LogP contribution is 2.25. The number of ether oxygens (including phenoxy) is 1. The molecule has 1 amide bonds. The molecule has 0 aliphatic carbocycles. The van der Waals surface area contributed by atoms with E-state index in [4.69, 9.17) is 4.74 Å². The first-order valence-electron chi connectivity index (χ1n) is 18.6. The zero-order valence-corrected chi connectivity index (χ0v) is 28.2. The van der Waals surface area contributed by atoms with E-state index in [-0.39, 0.29) is 5.91 Å². The Labute approximate surface area is 265 Å². The molecule has 7 heteroatoms. The Bertz CT molecular complexity index is 633. The fourth-order valence-electron chi connectivity index (χ4n) is 6.29. The second kappa shape index (κ2) is 27.6. The molecule has 1 unspecified atom stereocenters. The van der Waals surface area contributed by atoms with Crippen molar-refractivity contribution >= 4 is 5.91 Å². The van der Waals surface area contributed by atoms with Gasteiger partial charge in [0.05, 0.1) is 6.61 Å². The van der Waals surface area contributed by atoms with Gasteiger partial charge in [-0.25, -0.2) is 0 Å². The van der Waals surface area contributed by atoms with Crippen LogP contribution in [0.3, 0.4) is 0 Å². The van der Waals surface area contributed by atoms with Crippen molar-refractivity contribution < 1.29 is 30.0 Å². The second-order valence-electron chi connectivity index (χ2n) is 13.2. The van der Waals surface area contributed by atoms with Crippen LogP contribution in [0.4, 0.5) is 0 Å². The van der Waals surface area contributed by atoms with Crippen LogP contribution in [0.5, 0.6) is 0 Å². The highest BCUT2D eigenvalue weighted by Gasteiger charge is 2.46. The third-order valence-electron chi connectivity index (χ3n) is 9.24. The molecule has 43 heavy (non-hydrogen) atoms. The number of amides is 1. The fourth-order valence-corrected chi connectivity index (χ4v) is 6.29. The van der Waals surface area contributed by atoms with Gasteiger partial charge in [0.15, 0.2) is 6.23 Å². The van der Waals surface area contributed by atoms with Crippen LogP contribution in [0.1, 0.15) is 181 Å². The zero-order chi connectivity index (χ0) is 31.5. The van der Waals surface area contributed by atoms with E-state index < -0.39 is 37.3 Å². The van der Waals surface area contributed by atoms with Crippen LogP contribution < -0.4 is 0 Å². The Morgan fingerprint density at radius 2 is 0.907 bits per heavy atom. The zero-order valence-electron chi connectivity index (χ0n) is 28.2. The molecule has 5 atom stereocenters. The minimum absolute atomic E-state index is 0.0896. The number of aliphatic hydroxyl groups excluding tert-OH is 4. The number of aliphatic hydroxyl groups is 4. The number of carbonyl (C=O) groups is 1. The average Bonchev–Trinajstić information content (AvgIpc) is 3.01. The lowest BCUT2D eigenvalue weighted by Crippen LogP contribution is -2.64. The molecule has 0 saturated carbocycles. The first-order chi connectivity index (χ1) is 21.0. The van der Waals surface area contributed by atoms with Gasteiger partial charge in [-0.2, -0.15) is 0 Å². The Morgan fingerprint density at radius 3 is 1.30 bits per heavy atom. The smallest absolute Gasteiger partial charge is 0.224 e. The molecule has 1 fully saturated rings. The van der Waals surface area contributed by atoms with Crippen molar-refractivity contribution in [3.05, 3.63) is 0 Å². The Hall–Kier alpha value is -0.730. The lowest BCUT2D eigenvalue weighted by atomic mass is 9.97. The van der Waals surface area contributed by atoms with Crippen molar-refractivity contribution in [3.63, 3.8) is 0 Å². The van der Waals surface area contributed by atoms with Crippen LogP contribution in [0.25, 0.3) is 0 Å². The van der Waals surface area contributed by atoms with Gasteiger partial charge in [-0.3, -0.25) is 4.79 Å². The number of hydrogen-bond acceptors (Lipinski definition) is 6. The molecule has 1 heterocycles. The predicted octanol–water partition coefficient (Wildman–Crippen LogP) is 7.80. The van der Waals surface area contributed by atoms with Gasteiger partial charge in [-0.05, 0) is 12.8 Å². The van der Waals surface area contributed by atoms with Gasteiger partial charge in [0, 0.05) is 13.0 Å². The molecular weight excluding hydrogens is 542 g/mol. The number of nitrogens with zero attached hydrogens (tertiary/aromatic N) is 1. The summed E-state index contributed by atoms with van der Waals surface area (Å²) in [5, 5.41) is 40.9. The second-order valence-corrected chi connectivity index (χ2v) is 13.2. The topological polar surface area (TPSA) is 110 Å². The summed E-state index contributed by atoms with van der Waals surface area (Å²) in [5.74, 6) is -0.0896. The van der Waals surface area contributed by atoms with E-state index in [0.717, 1.165) is 38.5 Å². The lowest BCUT2D eigenvalue weighted by Gasteiger charge is -2.44. The largest absolute Gasteiger partial charge is 0.394 e. The number of rotatable bonds is 29. The van der Waals surface area contributed by atoms with E-state index in [9.17, 15) is 25.2 Å². The molecule has 0 bridgehead atoms. The van der Waals surface area contributed by atoms with Crippen LogP contribution in [0.2, 0.25) is 0 Å². The lowest BCUT2D eigenvalue weighted by molar-refractivity contribution is -0.262. The molecule has 0 spiro atoms. The first-order valence-corrected chi connectivity index (χ1v) is 18.6. The summed E-state index contributed by atoms with van der Waals surface area (Å²) in [7, 11) is 0. The van der Waals surface area contributed by atoms with E-state index in [1.165, 1.54) is 122 Å². The van der Waals surface area contributed by atoms with E-state index in [1.807, 2.05) is 0 Å². The minimum Gasteiger partial charge on any atom is -0.394 e. The number of carbonyl (C=O) groups excluding carboxylic acids is 1. The third-order valence-corrected chi connectivity index (χ3v) is 9.24. The summed E-state index contributed by atoms with van der Waals surface area (Å²) in [4.78, 5) is 14.9. The SMILES string of the molecule is CCCCCCCCCCCCCCCCCCN(C(=O)CCCCCCCCCCC)C1O[C@H](CO)[C@@H](O)[C@H](O)[C@H]1O. The molecule has 0 aromatic rings. The normalized spacial score (nSPS) is 22.2. The molecule has 0 aromatic heterocycles. The molecule has 4 N–H and O–H groups in total. The summed E-state index contributed by atoms with van der Waals surface area (Å²) >= 11 is 0. The van der Waals surface area contributed by atoms with E-state index >= 15 is 0 Å². The maximum absolute atomic E-state index is 13.3. The molecular formula is C36H71NO6. The van der Waals surface area contributed by atoms with Crippen LogP contribution in [-0.4, -0.2) is 75.0 Å². The van der Waals surface area contributed by atoms with Gasteiger partial charge in [0.2, 0.25) is 5.91 Å². The van der Waals surface area contributed by atoms with Gasteiger partial charge < -0.3 is 30.1 Å². The quantitative estimate of drug-likeness (QED) is 0.0641. The fraction of sp³-hybridized carbons (Fsp3) is 0.972. The molecule has 1 rings (SSSR count). The monoisotopic (exact) mass is 614 g/mol. The Morgan fingerprint density at radius 1 is 0.535 bits per heavy atom. The number of hydrogen-bond donors (Lipinski definition) is 4. The Kier molecular flexibility index (Phi) is 25.8. The van der Waals surface area contributed by atoms with Crippen LogP contribution >= 0.6 is 0 Å². The molecule has 1 saturated heterocycles. The van der Waals surface area contributed by atoms with E-state index in [1.54, 1.807) is 4.90 Å². The summed E-state index contributed by atoms with van der Waals surface area (Å²) in [5.41, 5.74) is 0. The summed E-state index contributed by atoms with van der Waals surface area (Å²) in [6.45, 7) is 4.45. The van der Waals surface area contributed by atoms with E-state index in [2.05, 4.69) is 13.8 Å². The van der Waals surface area contributed by atoms with Crippen molar-refractivity contribution in [3.8, 4) is 0 Å². The molecule has 0 aromatic carbocycles. The minimum atomic E-state index is -1.47. The Balaban J connectivity index is 2.33. The highest BCUT2D eigenvalue weighted by molar-refractivity contribution is 5.76. The first kappa shape index (κ1) is 40.3. The van der Waals surface area contributed by atoms with Crippen molar-refractivity contribution in [2.75, 3.05) is 13.2 Å². The molecule has 7 nitrogen and oxygen atoms in total. The maximum Gasteiger partial charge on any atom is 0.224 e. The summed E-state index contributed by atoms with van der Waals surface area (Å²) in [6.07, 6.45) is 25.0.